The molecule has 0 aliphatic carbocycles. The van der Waals surface area contributed by atoms with Gasteiger partial charge in [0.1, 0.15) is 0 Å². The third-order valence-electron chi connectivity index (χ3n) is 6.00. The summed E-state index contributed by atoms with van der Waals surface area (Å²) < 4.78 is 0. The quantitative estimate of drug-likeness (QED) is 0.577. The Morgan fingerprint density at radius 2 is 1.73 bits per heavy atom. The standard InChI is InChI=1S/C25H32Cl2N2O/c1-17(18-5-8-21(9-6-18)25(2,3)4)28-24(30)19-11-13-29(14-12-19)16-20-7-10-22(26)15-23(20)27/h5-10,15,17,19H,11-14,16H2,1-4H3,(H,28,30). The van der Waals surface area contributed by atoms with Crippen LogP contribution < -0.4 is 5.32 Å². The molecule has 2 aromatic carbocycles. The average Bonchev–Trinajstić information content (AvgIpc) is 2.70. The van der Waals surface area contributed by atoms with Crippen LogP contribution in [0.1, 0.15) is 63.3 Å². The van der Waals surface area contributed by atoms with Crippen molar-refractivity contribution in [2.45, 2.75) is 58.5 Å². The first-order chi connectivity index (χ1) is 14.1. The predicted octanol–water partition coefficient (Wildman–Crippen LogP) is 6.38. The third kappa shape index (κ3) is 6.00. The molecule has 1 aliphatic rings. The highest BCUT2D eigenvalue weighted by Crippen LogP contribution is 2.26. The van der Waals surface area contributed by atoms with Crippen molar-refractivity contribution in [1.82, 2.24) is 10.2 Å². The summed E-state index contributed by atoms with van der Waals surface area (Å²) in [5.41, 5.74) is 3.66. The normalized spacial score (nSPS) is 17.0. The molecule has 3 rings (SSSR count). The lowest BCUT2D eigenvalue weighted by molar-refractivity contribution is -0.127. The van der Waals surface area contributed by atoms with Gasteiger partial charge < -0.3 is 5.32 Å². The van der Waals surface area contributed by atoms with Crippen molar-refractivity contribution in [2.24, 2.45) is 5.92 Å². The molecule has 1 fully saturated rings. The Morgan fingerprint density at radius 1 is 1.10 bits per heavy atom. The van der Waals surface area contributed by atoms with Gasteiger partial charge in [0, 0.05) is 22.5 Å². The summed E-state index contributed by atoms with van der Waals surface area (Å²) in [7, 11) is 0. The zero-order valence-electron chi connectivity index (χ0n) is 18.3. The lowest BCUT2D eigenvalue weighted by Crippen LogP contribution is -2.40. The molecule has 30 heavy (non-hydrogen) atoms. The summed E-state index contributed by atoms with van der Waals surface area (Å²) in [5.74, 6) is 0.227. The lowest BCUT2D eigenvalue weighted by atomic mass is 9.86. The van der Waals surface area contributed by atoms with Gasteiger partial charge in [-0.25, -0.2) is 0 Å². The molecular weight excluding hydrogens is 415 g/mol. The van der Waals surface area contributed by atoms with Crippen LogP contribution in [0.4, 0.5) is 0 Å². The van der Waals surface area contributed by atoms with E-state index in [4.69, 9.17) is 23.2 Å². The summed E-state index contributed by atoms with van der Waals surface area (Å²) in [6, 6.07) is 14.2. The Bertz CT molecular complexity index is 866. The predicted molar refractivity (Wildman–Crippen MR) is 126 cm³/mol. The number of likely N-dealkylation sites (tertiary alicyclic amines) is 1. The van der Waals surface area contributed by atoms with E-state index in [-0.39, 0.29) is 23.3 Å². The largest absolute Gasteiger partial charge is 0.349 e. The molecule has 1 N–H and O–H groups in total. The highest BCUT2D eigenvalue weighted by atomic mass is 35.5. The van der Waals surface area contributed by atoms with E-state index in [0.29, 0.717) is 10.0 Å². The Kier molecular flexibility index (Phi) is 7.49. The first-order valence-electron chi connectivity index (χ1n) is 10.7. The second kappa shape index (κ2) is 9.72. The maximum absolute atomic E-state index is 12.8. The first-order valence-corrected chi connectivity index (χ1v) is 11.5. The maximum atomic E-state index is 12.8. The summed E-state index contributed by atoms with van der Waals surface area (Å²) in [4.78, 5) is 15.2. The second-order valence-corrected chi connectivity index (χ2v) is 10.2. The molecule has 1 unspecified atom stereocenters. The zero-order valence-corrected chi connectivity index (χ0v) is 19.9. The minimum absolute atomic E-state index is 0.0115. The van der Waals surface area contributed by atoms with Gasteiger partial charge in [-0.2, -0.15) is 0 Å². The van der Waals surface area contributed by atoms with E-state index in [9.17, 15) is 4.79 Å². The average molecular weight is 447 g/mol. The molecule has 2 aromatic rings. The van der Waals surface area contributed by atoms with E-state index in [1.165, 1.54) is 5.56 Å². The Balaban J connectivity index is 1.50. The molecule has 0 radical (unpaired) electrons. The topological polar surface area (TPSA) is 32.3 Å². The zero-order chi connectivity index (χ0) is 21.9. The van der Waals surface area contributed by atoms with Crippen LogP contribution in [-0.2, 0) is 16.8 Å². The number of hydrogen-bond acceptors (Lipinski definition) is 2. The number of hydrogen-bond donors (Lipinski definition) is 1. The SMILES string of the molecule is CC(NC(=O)C1CCN(Cc2ccc(Cl)cc2Cl)CC1)c1ccc(C(C)(C)C)cc1. The fourth-order valence-electron chi connectivity index (χ4n) is 3.93. The number of carbonyl (C=O) groups is 1. The Morgan fingerprint density at radius 3 is 2.30 bits per heavy atom. The molecule has 1 heterocycles. The Labute approximate surface area is 190 Å². The second-order valence-electron chi connectivity index (χ2n) is 9.39. The van der Waals surface area contributed by atoms with Gasteiger partial charge in [-0.3, -0.25) is 9.69 Å². The molecule has 1 aliphatic heterocycles. The fourth-order valence-corrected chi connectivity index (χ4v) is 4.40. The third-order valence-corrected chi connectivity index (χ3v) is 6.59. The van der Waals surface area contributed by atoms with Gasteiger partial charge in [0.25, 0.3) is 0 Å². The van der Waals surface area contributed by atoms with Crippen LogP contribution in [0, 0.1) is 5.92 Å². The van der Waals surface area contributed by atoms with Crippen molar-refractivity contribution < 1.29 is 4.79 Å². The van der Waals surface area contributed by atoms with Crippen LogP contribution in [0.25, 0.3) is 0 Å². The number of nitrogens with zero attached hydrogens (tertiary/aromatic N) is 1. The lowest BCUT2D eigenvalue weighted by Gasteiger charge is -2.32. The number of rotatable bonds is 5. The molecule has 0 aromatic heterocycles. The smallest absolute Gasteiger partial charge is 0.223 e. The van der Waals surface area contributed by atoms with Gasteiger partial charge in [-0.1, -0.05) is 74.3 Å². The Hall–Kier alpha value is -1.55. The molecule has 1 saturated heterocycles. The van der Waals surface area contributed by atoms with Crippen molar-refractivity contribution in [1.29, 1.82) is 0 Å². The number of piperidine rings is 1. The van der Waals surface area contributed by atoms with Gasteiger partial charge in [0.05, 0.1) is 6.04 Å². The van der Waals surface area contributed by atoms with E-state index < -0.39 is 0 Å². The van der Waals surface area contributed by atoms with Gasteiger partial charge in [0.2, 0.25) is 5.91 Å². The van der Waals surface area contributed by atoms with Crippen LogP contribution in [0.3, 0.4) is 0 Å². The molecular formula is C25H32Cl2N2O. The van der Waals surface area contributed by atoms with Gasteiger partial charge >= 0.3 is 0 Å². The van der Waals surface area contributed by atoms with Gasteiger partial charge in [-0.15, -0.1) is 0 Å². The number of carbonyl (C=O) groups excluding carboxylic acids is 1. The molecule has 1 amide bonds. The molecule has 162 valence electrons. The molecule has 0 bridgehead atoms. The number of halogens is 2. The summed E-state index contributed by atoms with van der Waals surface area (Å²) >= 11 is 12.3. The maximum Gasteiger partial charge on any atom is 0.223 e. The van der Waals surface area contributed by atoms with E-state index in [1.54, 1.807) is 6.07 Å². The fraction of sp³-hybridized carbons (Fsp3) is 0.480. The number of benzene rings is 2. The summed E-state index contributed by atoms with van der Waals surface area (Å²) in [5, 5.41) is 4.57. The highest BCUT2D eigenvalue weighted by molar-refractivity contribution is 6.35. The minimum atomic E-state index is 0.0115. The summed E-state index contributed by atoms with van der Waals surface area (Å²) in [6.45, 7) is 11.3. The minimum Gasteiger partial charge on any atom is -0.349 e. The van der Waals surface area contributed by atoms with Gasteiger partial charge in [-0.05, 0) is 67.1 Å². The van der Waals surface area contributed by atoms with Gasteiger partial charge in [0.15, 0.2) is 0 Å². The summed E-state index contributed by atoms with van der Waals surface area (Å²) in [6.07, 6.45) is 1.74. The first kappa shape index (κ1) is 23.1. The van der Waals surface area contributed by atoms with Crippen molar-refractivity contribution in [3.05, 3.63) is 69.2 Å². The van der Waals surface area contributed by atoms with Crippen LogP contribution in [0.2, 0.25) is 10.0 Å². The van der Waals surface area contributed by atoms with Crippen LogP contribution >= 0.6 is 23.2 Å². The van der Waals surface area contributed by atoms with E-state index in [0.717, 1.165) is 43.6 Å². The number of amides is 1. The molecule has 1 atom stereocenters. The van der Waals surface area contributed by atoms with Crippen molar-refractivity contribution >= 4 is 29.1 Å². The van der Waals surface area contributed by atoms with Crippen LogP contribution in [0.15, 0.2) is 42.5 Å². The molecule has 5 heteroatoms. The molecule has 0 saturated carbocycles. The highest BCUT2D eigenvalue weighted by Gasteiger charge is 2.26. The molecule has 0 spiro atoms. The van der Waals surface area contributed by atoms with E-state index in [2.05, 4.69) is 62.2 Å². The van der Waals surface area contributed by atoms with E-state index >= 15 is 0 Å². The van der Waals surface area contributed by atoms with Crippen LogP contribution in [-0.4, -0.2) is 23.9 Å². The van der Waals surface area contributed by atoms with Crippen molar-refractivity contribution in [3.8, 4) is 0 Å². The van der Waals surface area contributed by atoms with Crippen molar-refractivity contribution in [2.75, 3.05) is 13.1 Å². The van der Waals surface area contributed by atoms with Crippen molar-refractivity contribution in [3.63, 3.8) is 0 Å². The van der Waals surface area contributed by atoms with E-state index in [1.807, 2.05) is 12.1 Å². The molecule has 3 nitrogen and oxygen atoms in total. The van der Waals surface area contributed by atoms with Crippen LogP contribution in [0.5, 0.6) is 0 Å². The monoisotopic (exact) mass is 446 g/mol. The number of nitrogens with one attached hydrogen (secondary N) is 1.